The maximum atomic E-state index is 11.9. The molecule has 1 heterocycles. The lowest BCUT2D eigenvalue weighted by molar-refractivity contribution is -0.116. The van der Waals surface area contributed by atoms with E-state index in [9.17, 15) is 4.79 Å². The molecule has 1 amide bonds. The predicted octanol–water partition coefficient (Wildman–Crippen LogP) is 4.08. The standard InChI is InChI=1S/C16H20ClN3O/c1-12(2)20-11-15(10-18-20)19-16(21)5-3-4-13-6-8-14(17)9-7-13/h6-12H,3-5H2,1-2H3,(H,19,21). The van der Waals surface area contributed by atoms with Gasteiger partial charge >= 0.3 is 0 Å². The number of hydrogen-bond donors (Lipinski definition) is 1. The van der Waals surface area contributed by atoms with E-state index < -0.39 is 0 Å². The lowest BCUT2D eigenvalue weighted by atomic mass is 10.1. The van der Waals surface area contributed by atoms with Crippen molar-refractivity contribution in [1.82, 2.24) is 9.78 Å². The summed E-state index contributed by atoms with van der Waals surface area (Å²) in [6, 6.07) is 8.02. The maximum Gasteiger partial charge on any atom is 0.224 e. The van der Waals surface area contributed by atoms with Crippen LogP contribution in [0.15, 0.2) is 36.7 Å². The first-order chi connectivity index (χ1) is 10.0. The fourth-order valence-corrected chi connectivity index (χ4v) is 2.14. The largest absolute Gasteiger partial charge is 0.323 e. The molecule has 0 aliphatic rings. The maximum absolute atomic E-state index is 11.9. The number of nitrogens with one attached hydrogen (secondary N) is 1. The summed E-state index contributed by atoms with van der Waals surface area (Å²) in [4.78, 5) is 11.9. The van der Waals surface area contributed by atoms with Gasteiger partial charge in [-0.15, -0.1) is 0 Å². The van der Waals surface area contributed by atoms with Gasteiger partial charge in [0.05, 0.1) is 11.9 Å². The molecule has 0 bridgehead atoms. The number of benzene rings is 1. The van der Waals surface area contributed by atoms with E-state index in [-0.39, 0.29) is 5.91 Å². The first-order valence-electron chi connectivity index (χ1n) is 7.13. The highest BCUT2D eigenvalue weighted by Gasteiger charge is 2.06. The van der Waals surface area contributed by atoms with Gasteiger partial charge in [0, 0.05) is 23.7 Å². The molecule has 4 nitrogen and oxygen atoms in total. The number of halogens is 1. The van der Waals surface area contributed by atoms with Crippen LogP contribution in [0.4, 0.5) is 5.69 Å². The number of rotatable bonds is 6. The second kappa shape index (κ2) is 7.27. The Morgan fingerprint density at radius 1 is 1.33 bits per heavy atom. The van der Waals surface area contributed by atoms with Gasteiger partial charge in [-0.1, -0.05) is 23.7 Å². The number of anilines is 1. The van der Waals surface area contributed by atoms with E-state index >= 15 is 0 Å². The lowest BCUT2D eigenvalue weighted by Crippen LogP contribution is -2.11. The minimum Gasteiger partial charge on any atom is -0.323 e. The summed E-state index contributed by atoms with van der Waals surface area (Å²) < 4.78 is 1.82. The van der Waals surface area contributed by atoms with Crippen LogP contribution >= 0.6 is 11.6 Å². The van der Waals surface area contributed by atoms with Gasteiger partial charge in [0.15, 0.2) is 0 Å². The van der Waals surface area contributed by atoms with E-state index in [1.54, 1.807) is 6.20 Å². The molecule has 1 aromatic carbocycles. The molecule has 0 saturated heterocycles. The quantitative estimate of drug-likeness (QED) is 0.874. The number of carbonyl (C=O) groups is 1. The molecule has 5 heteroatoms. The molecule has 1 aromatic heterocycles. The van der Waals surface area contributed by atoms with Crippen LogP contribution in [-0.4, -0.2) is 15.7 Å². The molecule has 21 heavy (non-hydrogen) atoms. The third-order valence-corrected chi connectivity index (χ3v) is 3.45. The number of nitrogens with zero attached hydrogens (tertiary/aromatic N) is 2. The summed E-state index contributed by atoms with van der Waals surface area (Å²) >= 11 is 5.84. The highest BCUT2D eigenvalue weighted by Crippen LogP contribution is 2.13. The van der Waals surface area contributed by atoms with Crippen molar-refractivity contribution in [2.45, 2.75) is 39.2 Å². The van der Waals surface area contributed by atoms with Crippen molar-refractivity contribution >= 4 is 23.2 Å². The molecule has 2 rings (SSSR count). The normalized spacial score (nSPS) is 10.9. The Labute approximate surface area is 130 Å². The second-order valence-electron chi connectivity index (χ2n) is 5.33. The molecule has 0 atom stereocenters. The van der Waals surface area contributed by atoms with E-state index in [2.05, 4.69) is 10.4 Å². The fraction of sp³-hybridized carbons (Fsp3) is 0.375. The Bertz CT molecular complexity index is 590. The number of aromatic nitrogens is 2. The van der Waals surface area contributed by atoms with E-state index in [0.29, 0.717) is 12.5 Å². The number of amides is 1. The second-order valence-corrected chi connectivity index (χ2v) is 5.77. The Hall–Kier alpha value is -1.81. The molecule has 0 unspecified atom stereocenters. The third kappa shape index (κ3) is 4.90. The molecule has 1 N–H and O–H groups in total. The van der Waals surface area contributed by atoms with Crippen LogP contribution in [0, 0.1) is 0 Å². The van der Waals surface area contributed by atoms with Crippen molar-refractivity contribution in [3.05, 3.63) is 47.2 Å². The van der Waals surface area contributed by atoms with Gasteiger partial charge < -0.3 is 5.32 Å². The molecular formula is C16H20ClN3O. The van der Waals surface area contributed by atoms with Gasteiger partial charge in [0.25, 0.3) is 0 Å². The smallest absolute Gasteiger partial charge is 0.224 e. The van der Waals surface area contributed by atoms with E-state index in [1.165, 1.54) is 5.56 Å². The van der Waals surface area contributed by atoms with Gasteiger partial charge in [0.1, 0.15) is 0 Å². The molecule has 0 aliphatic carbocycles. The van der Waals surface area contributed by atoms with E-state index in [4.69, 9.17) is 11.6 Å². The first-order valence-corrected chi connectivity index (χ1v) is 7.51. The first kappa shape index (κ1) is 15.6. The third-order valence-electron chi connectivity index (χ3n) is 3.20. The minimum atomic E-state index is 0.0206. The van der Waals surface area contributed by atoms with Crippen LogP contribution in [0.5, 0.6) is 0 Å². The number of hydrogen-bond acceptors (Lipinski definition) is 2. The van der Waals surface area contributed by atoms with Crippen LogP contribution < -0.4 is 5.32 Å². The summed E-state index contributed by atoms with van der Waals surface area (Å²) in [6.07, 6.45) is 5.70. The summed E-state index contributed by atoms with van der Waals surface area (Å²) in [5, 5.41) is 7.80. The van der Waals surface area contributed by atoms with Gasteiger partial charge in [-0.25, -0.2) is 0 Å². The van der Waals surface area contributed by atoms with Gasteiger partial charge in [0.2, 0.25) is 5.91 Å². The molecule has 0 fully saturated rings. The molecule has 0 saturated carbocycles. The van der Waals surface area contributed by atoms with Gasteiger partial charge in [-0.05, 0) is 44.4 Å². The predicted molar refractivity (Wildman–Crippen MR) is 85.6 cm³/mol. The number of carbonyl (C=O) groups excluding carboxylic acids is 1. The zero-order valence-corrected chi connectivity index (χ0v) is 13.1. The van der Waals surface area contributed by atoms with Crippen molar-refractivity contribution in [3.63, 3.8) is 0 Å². The molecule has 0 radical (unpaired) electrons. The molecule has 0 spiro atoms. The van der Waals surface area contributed by atoms with Gasteiger partial charge in [-0.3, -0.25) is 9.48 Å². The average Bonchev–Trinajstić information content (AvgIpc) is 2.90. The highest BCUT2D eigenvalue weighted by molar-refractivity contribution is 6.30. The Morgan fingerprint density at radius 2 is 2.05 bits per heavy atom. The molecule has 0 aliphatic heterocycles. The summed E-state index contributed by atoms with van der Waals surface area (Å²) in [6.45, 7) is 4.09. The zero-order valence-electron chi connectivity index (χ0n) is 12.3. The van der Waals surface area contributed by atoms with E-state index in [0.717, 1.165) is 23.6 Å². The van der Waals surface area contributed by atoms with Crippen LogP contribution in [0.25, 0.3) is 0 Å². The Balaban J connectivity index is 1.75. The SMILES string of the molecule is CC(C)n1cc(NC(=O)CCCc2ccc(Cl)cc2)cn1. The average molecular weight is 306 g/mol. The van der Waals surface area contributed by atoms with Crippen molar-refractivity contribution in [2.24, 2.45) is 0 Å². The van der Waals surface area contributed by atoms with Crippen molar-refractivity contribution in [2.75, 3.05) is 5.32 Å². The summed E-state index contributed by atoms with van der Waals surface area (Å²) in [5.41, 5.74) is 1.94. The molecule has 112 valence electrons. The highest BCUT2D eigenvalue weighted by atomic mass is 35.5. The monoisotopic (exact) mass is 305 g/mol. The minimum absolute atomic E-state index is 0.0206. The van der Waals surface area contributed by atoms with Crippen molar-refractivity contribution < 1.29 is 4.79 Å². The van der Waals surface area contributed by atoms with Gasteiger partial charge in [-0.2, -0.15) is 5.10 Å². The van der Waals surface area contributed by atoms with Crippen LogP contribution in [0.1, 0.15) is 38.3 Å². The van der Waals surface area contributed by atoms with Crippen LogP contribution in [0.2, 0.25) is 5.02 Å². The molecular weight excluding hydrogens is 286 g/mol. The van der Waals surface area contributed by atoms with Crippen LogP contribution in [0.3, 0.4) is 0 Å². The topological polar surface area (TPSA) is 46.9 Å². The van der Waals surface area contributed by atoms with E-state index in [1.807, 2.05) is 49.0 Å². The fourth-order valence-electron chi connectivity index (χ4n) is 2.01. The number of aryl methyl sites for hydroxylation is 1. The van der Waals surface area contributed by atoms with Crippen molar-refractivity contribution in [1.29, 1.82) is 0 Å². The summed E-state index contributed by atoms with van der Waals surface area (Å²) in [5.74, 6) is 0.0206. The van der Waals surface area contributed by atoms with Crippen molar-refractivity contribution in [3.8, 4) is 0 Å². The Kier molecular flexibility index (Phi) is 5.39. The molecule has 2 aromatic rings. The van der Waals surface area contributed by atoms with Crippen LogP contribution in [-0.2, 0) is 11.2 Å². The zero-order chi connectivity index (χ0) is 15.2. The summed E-state index contributed by atoms with van der Waals surface area (Å²) in [7, 11) is 0. The lowest BCUT2D eigenvalue weighted by Gasteiger charge is -2.04. The Morgan fingerprint density at radius 3 is 2.67 bits per heavy atom.